The van der Waals surface area contributed by atoms with Gasteiger partial charge in [-0.25, -0.2) is 0 Å². The molecule has 0 atom stereocenters. The molecule has 2 nitrogen and oxygen atoms in total. The molecule has 0 bridgehead atoms. The quantitative estimate of drug-likeness (QED) is 0.635. The van der Waals surface area contributed by atoms with Crippen molar-refractivity contribution < 1.29 is 9.90 Å². The van der Waals surface area contributed by atoms with E-state index in [1.54, 1.807) is 18.2 Å². The third-order valence-electron chi connectivity index (χ3n) is 2.21. The molecule has 0 saturated heterocycles. The van der Waals surface area contributed by atoms with Gasteiger partial charge in [0.15, 0.2) is 5.78 Å². The van der Waals surface area contributed by atoms with Crippen molar-refractivity contribution in [3.8, 4) is 5.75 Å². The van der Waals surface area contributed by atoms with E-state index in [2.05, 4.69) is 0 Å². The molecule has 0 heterocycles. The molecule has 2 rings (SSSR count). The summed E-state index contributed by atoms with van der Waals surface area (Å²) in [6.07, 6.45) is 1.15. The minimum Gasteiger partial charge on any atom is -0.508 e. The fourth-order valence-corrected chi connectivity index (χ4v) is 1.82. The Morgan fingerprint density at radius 3 is 2.85 bits per heavy atom. The normalized spacial score (nSPS) is 15.7. The zero-order valence-electron chi connectivity index (χ0n) is 6.91. The molecule has 0 saturated carbocycles. The van der Waals surface area contributed by atoms with Crippen LogP contribution in [-0.2, 0) is 11.2 Å². The maximum absolute atomic E-state index is 11.2. The monoisotopic (exact) mass is 192 g/mol. The van der Waals surface area contributed by atoms with Crippen LogP contribution in [0.5, 0.6) is 5.75 Å². The number of thiocarbonyl (C=S) groups is 1. The summed E-state index contributed by atoms with van der Waals surface area (Å²) in [6.45, 7) is 0. The lowest BCUT2D eigenvalue weighted by Crippen LogP contribution is -2.20. The van der Waals surface area contributed by atoms with Gasteiger partial charge in [-0.1, -0.05) is 12.2 Å². The summed E-state index contributed by atoms with van der Waals surface area (Å²) in [7, 11) is 0. The van der Waals surface area contributed by atoms with Crippen LogP contribution >= 0.6 is 12.2 Å². The van der Waals surface area contributed by atoms with Crippen LogP contribution < -0.4 is 0 Å². The third kappa shape index (κ3) is 1.35. The zero-order valence-corrected chi connectivity index (χ0v) is 7.73. The molecule has 3 heteroatoms. The van der Waals surface area contributed by atoms with Gasteiger partial charge in [-0.15, -0.1) is 0 Å². The highest BCUT2D eigenvalue weighted by atomic mass is 32.1. The molecule has 1 aromatic rings. The van der Waals surface area contributed by atoms with Crippen molar-refractivity contribution in [3.05, 3.63) is 29.3 Å². The first kappa shape index (κ1) is 8.38. The number of ketones is 1. The number of hydrogen-bond acceptors (Lipinski definition) is 3. The summed E-state index contributed by atoms with van der Waals surface area (Å²) in [5.74, 6) is 0.268. The van der Waals surface area contributed by atoms with Crippen LogP contribution in [0.15, 0.2) is 18.2 Å². The summed E-state index contributed by atoms with van der Waals surface area (Å²) < 4.78 is 0. The van der Waals surface area contributed by atoms with Crippen molar-refractivity contribution in [1.29, 1.82) is 0 Å². The van der Waals surface area contributed by atoms with Gasteiger partial charge in [0.2, 0.25) is 0 Å². The van der Waals surface area contributed by atoms with E-state index in [1.807, 2.05) is 0 Å². The summed E-state index contributed by atoms with van der Waals surface area (Å²) in [5, 5.41) is 9.21. The van der Waals surface area contributed by atoms with Crippen LogP contribution in [0.3, 0.4) is 0 Å². The lowest BCUT2D eigenvalue weighted by molar-refractivity contribution is -0.112. The van der Waals surface area contributed by atoms with E-state index in [1.165, 1.54) is 0 Å². The predicted molar refractivity (Wildman–Crippen MR) is 53.1 cm³/mol. The van der Waals surface area contributed by atoms with Gasteiger partial charge >= 0.3 is 0 Å². The minimum absolute atomic E-state index is 0.0354. The van der Waals surface area contributed by atoms with E-state index >= 15 is 0 Å². The number of hydrogen-bond donors (Lipinski definition) is 1. The molecule has 0 aromatic heterocycles. The summed E-state index contributed by atoms with van der Waals surface area (Å²) in [6, 6.07) is 4.95. The third-order valence-corrected chi connectivity index (χ3v) is 2.66. The lowest BCUT2D eigenvalue weighted by atomic mass is 9.90. The minimum atomic E-state index is 0.0354. The number of aryl methyl sites for hydroxylation is 1. The smallest absolute Gasteiger partial charge is 0.174 e. The number of carbonyl (C=O) groups is 1. The molecule has 0 aliphatic heterocycles. The summed E-state index contributed by atoms with van der Waals surface area (Å²) in [5.41, 5.74) is 1.79. The highest BCUT2D eigenvalue weighted by Crippen LogP contribution is 2.23. The Bertz CT molecular complexity index is 396. The number of fused-ring (bicyclic) bond motifs is 1. The van der Waals surface area contributed by atoms with Crippen LogP contribution in [0.25, 0.3) is 0 Å². The number of carbonyl (C=O) groups excluding carboxylic acids is 1. The number of rotatable bonds is 0. The number of benzene rings is 1. The molecule has 0 fully saturated rings. The molecule has 13 heavy (non-hydrogen) atoms. The second-order valence-corrected chi connectivity index (χ2v) is 3.50. The first-order valence-electron chi connectivity index (χ1n) is 4.08. The van der Waals surface area contributed by atoms with Crippen LogP contribution in [0.1, 0.15) is 17.5 Å². The Balaban J connectivity index is 2.56. The van der Waals surface area contributed by atoms with Crippen molar-refractivity contribution in [3.63, 3.8) is 0 Å². The average Bonchev–Trinajstić information content (AvgIpc) is 2.12. The molecular formula is C10H8O2S. The summed E-state index contributed by atoms with van der Waals surface area (Å²) >= 11 is 5.00. The molecule has 0 unspecified atom stereocenters. The van der Waals surface area contributed by atoms with Gasteiger partial charge in [0.25, 0.3) is 0 Å². The highest BCUT2D eigenvalue weighted by molar-refractivity contribution is 7.82. The van der Waals surface area contributed by atoms with Crippen molar-refractivity contribution in [2.75, 3.05) is 0 Å². The first-order valence-corrected chi connectivity index (χ1v) is 4.49. The van der Waals surface area contributed by atoms with Gasteiger partial charge in [-0.2, -0.15) is 0 Å². The Morgan fingerprint density at radius 1 is 1.31 bits per heavy atom. The standard InChI is InChI=1S/C10H8O2S/c11-7-2-3-8-6(5-7)1-4-9(12)10(8)13/h2-3,5,11H,1,4H2. The topological polar surface area (TPSA) is 37.3 Å². The molecular weight excluding hydrogens is 184 g/mol. The molecule has 0 radical (unpaired) electrons. The van der Waals surface area contributed by atoms with Crippen LogP contribution in [0.4, 0.5) is 0 Å². The van der Waals surface area contributed by atoms with Gasteiger partial charge in [-0.3, -0.25) is 4.79 Å². The second-order valence-electron chi connectivity index (χ2n) is 3.09. The Kier molecular flexibility index (Phi) is 1.88. The van der Waals surface area contributed by atoms with E-state index in [4.69, 9.17) is 12.2 Å². The molecule has 1 aromatic carbocycles. The molecule has 1 N–H and O–H groups in total. The maximum Gasteiger partial charge on any atom is 0.174 e. The Morgan fingerprint density at radius 2 is 2.08 bits per heavy atom. The first-order chi connectivity index (χ1) is 6.18. The van der Waals surface area contributed by atoms with E-state index < -0.39 is 0 Å². The number of phenols is 1. The largest absolute Gasteiger partial charge is 0.508 e. The van der Waals surface area contributed by atoms with Crippen LogP contribution in [0, 0.1) is 0 Å². The van der Waals surface area contributed by atoms with Crippen LogP contribution in [0.2, 0.25) is 0 Å². The molecule has 0 amide bonds. The van der Waals surface area contributed by atoms with E-state index in [9.17, 15) is 9.90 Å². The lowest BCUT2D eigenvalue weighted by Gasteiger charge is -2.15. The molecule has 66 valence electrons. The van der Waals surface area contributed by atoms with Gasteiger partial charge in [0.1, 0.15) is 5.75 Å². The van der Waals surface area contributed by atoms with Gasteiger partial charge in [-0.05, 0) is 35.7 Å². The average molecular weight is 192 g/mol. The van der Waals surface area contributed by atoms with E-state index in [0.29, 0.717) is 17.7 Å². The highest BCUT2D eigenvalue weighted by Gasteiger charge is 2.20. The van der Waals surface area contributed by atoms with Crippen LogP contribution in [-0.4, -0.2) is 15.8 Å². The molecule has 1 aliphatic carbocycles. The predicted octanol–water partition coefficient (Wildman–Crippen LogP) is 1.63. The Hall–Kier alpha value is -1.22. The van der Waals surface area contributed by atoms with Gasteiger partial charge < -0.3 is 5.11 Å². The van der Waals surface area contributed by atoms with Gasteiger partial charge in [0, 0.05) is 6.42 Å². The summed E-state index contributed by atoms with van der Waals surface area (Å²) in [4.78, 5) is 11.6. The number of Topliss-reactive ketones (excluding diaryl/α,β-unsaturated/α-hetero) is 1. The number of aromatic hydroxyl groups is 1. The van der Waals surface area contributed by atoms with Crippen molar-refractivity contribution >= 4 is 22.9 Å². The SMILES string of the molecule is O=C1CCc2cc(O)ccc2C1=S. The maximum atomic E-state index is 11.2. The van der Waals surface area contributed by atoms with E-state index in [-0.39, 0.29) is 11.5 Å². The van der Waals surface area contributed by atoms with Crippen molar-refractivity contribution in [1.82, 2.24) is 0 Å². The zero-order chi connectivity index (χ0) is 9.42. The van der Waals surface area contributed by atoms with Gasteiger partial charge in [0.05, 0.1) is 4.86 Å². The molecule has 0 spiro atoms. The van der Waals surface area contributed by atoms with E-state index in [0.717, 1.165) is 11.1 Å². The van der Waals surface area contributed by atoms with Crippen molar-refractivity contribution in [2.24, 2.45) is 0 Å². The fourth-order valence-electron chi connectivity index (χ4n) is 1.52. The second kappa shape index (κ2) is 2.92. The number of phenolic OH excluding ortho intramolecular Hbond substituents is 1. The molecule has 1 aliphatic rings. The Labute approximate surface area is 81.2 Å². The van der Waals surface area contributed by atoms with Crippen molar-refractivity contribution in [2.45, 2.75) is 12.8 Å². The fraction of sp³-hybridized carbons (Fsp3) is 0.200.